The van der Waals surface area contributed by atoms with Gasteiger partial charge in [0.05, 0.1) is 6.54 Å². The van der Waals surface area contributed by atoms with Crippen molar-refractivity contribution in [1.29, 1.82) is 0 Å². The van der Waals surface area contributed by atoms with Crippen LogP contribution >= 0.6 is 0 Å². The highest BCUT2D eigenvalue weighted by molar-refractivity contribution is 5.98. The summed E-state index contributed by atoms with van der Waals surface area (Å²) in [4.78, 5) is 7.17. The fourth-order valence-corrected chi connectivity index (χ4v) is 4.17. The lowest BCUT2D eigenvalue weighted by molar-refractivity contribution is 0.412. The first-order valence-corrected chi connectivity index (χ1v) is 8.87. The Hall–Kier alpha value is -2.30. The molecule has 1 aliphatic carbocycles. The highest BCUT2D eigenvalue weighted by Gasteiger charge is 2.45. The number of para-hydroxylation sites is 1. The summed E-state index contributed by atoms with van der Waals surface area (Å²) < 4.78 is 4.91. The summed E-state index contributed by atoms with van der Waals surface area (Å²) >= 11 is 0. The molecule has 0 atom stereocenters. The van der Waals surface area contributed by atoms with E-state index in [0.29, 0.717) is 12.0 Å². The van der Waals surface area contributed by atoms with Crippen molar-refractivity contribution in [2.75, 3.05) is 18.0 Å². The van der Waals surface area contributed by atoms with E-state index in [-0.39, 0.29) is 0 Å². The van der Waals surface area contributed by atoms with Crippen LogP contribution in [0.3, 0.4) is 0 Å². The Balaban J connectivity index is 1.67. The van der Waals surface area contributed by atoms with Crippen LogP contribution in [0.2, 0.25) is 0 Å². The molecular weight excluding hydrogens is 300 g/mol. The van der Waals surface area contributed by atoms with E-state index in [9.17, 15) is 0 Å². The maximum Gasteiger partial charge on any atom is 0.198 e. The number of hydrogen-bond donors (Lipinski definition) is 1. The number of fused-ring (bicyclic) bond motifs is 2. The van der Waals surface area contributed by atoms with Gasteiger partial charge in [-0.05, 0) is 31.4 Å². The Bertz CT molecular complexity index is 717. The standard InChI is InChI=1S/C19H24N4O/c1-2-20-18(21-13-15-9-12-24-22-15)23-14-19(10-5-6-11-19)16-7-3-4-8-17(16)23/h3-4,7-9,12H,2,5-6,10-11,13-14H2,1H3,(H,20,21). The lowest BCUT2D eigenvalue weighted by Crippen LogP contribution is -2.43. The first-order chi connectivity index (χ1) is 11.8. The van der Waals surface area contributed by atoms with Crippen LogP contribution in [0, 0.1) is 0 Å². The Morgan fingerprint density at radius 1 is 1.29 bits per heavy atom. The van der Waals surface area contributed by atoms with Gasteiger partial charge in [-0.2, -0.15) is 0 Å². The van der Waals surface area contributed by atoms with Crippen molar-refractivity contribution in [3.63, 3.8) is 0 Å². The van der Waals surface area contributed by atoms with Crippen molar-refractivity contribution in [2.45, 2.75) is 44.6 Å². The normalized spacial score (nSPS) is 19.0. The molecule has 0 saturated heterocycles. The fraction of sp³-hybridized carbons (Fsp3) is 0.474. The van der Waals surface area contributed by atoms with Crippen molar-refractivity contribution < 1.29 is 4.52 Å². The second-order valence-electron chi connectivity index (χ2n) is 6.75. The van der Waals surface area contributed by atoms with Crippen molar-refractivity contribution >= 4 is 11.6 Å². The number of rotatable bonds is 3. The third-order valence-corrected chi connectivity index (χ3v) is 5.26. The summed E-state index contributed by atoms with van der Waals surface area (Å²) in [5.41, 5.74) is 3.96. The van der Waals surface area contributed by atoms with Gasteiger partial charge < -0.3 is 14.7 Å². The monoisotopic (exact) mass is 324 g/mol. The van der Waals surface area contributed by atoms with Gasteiger partial charge in [0.15, 0.2) is 5.96 Å². The Labute approximate surface area is 142 Å². The predicted octanol–water partition coefficient (Wildman–Crippen LogP) is 3.47. The molecule has 1 N–H and O–H groups in total. The zero-order valence-corrected chi connectivity index (χ0v) is 14.2. The number of benzene rings is 1. The molecule has 24 heavy (non-hydrogen) atoms. The molecule has 0 radical (unpaired) electrons. The summed E-state index contributed by atoms with van der Waals surface area (Å²) in [6.07, 6.45) is 6.81. The largest absolute Gasteiger partial charge is 0.364 e. The number of hydrogen-bond acceptors (Lipinski definition) is 3. The van der Waals surface area contributed by atoms with Crippen LogP contribution in [-0.2, 0) is 12.0 Å². The van der Waals surface area contributed by atoms with Gasteiger partial charge in [0, 0.05) is 30.3 Å². The quantitative estimate of drug-likeness (QED) is 0.694. The van der Waals surface area contributed by atoms with Gasteiger partial charge >= 0.3 is 0 Å². The van der Waals surface area contributed by atoms with Crippen LogP contribution in [0.25, 0.3) is 0 Å². The number of aliphatic imine (C=N–C) groups is 1. The van der Waals surface area contributed by atoms with Crippen molar-refractivity contribution in [2.24, 2.45) is 4.99 Å². The van der Waals surface area contributed by atoms with Gasteiger partial charge in [-0.25, -0.2) is 4.99 Å². The van der Waals surface area contributed by atoms with E-state index in [1.54, 1.807) is 6.26 Å². The highest BCUT2D eigenvalue weighted by atomic mass is 16.5. The van der Waals surface area contributed by atoms with Gasteiger partial charge in [0.25, 0.3) is 0 Å². The zero-order chi connectivity index (χ0) is 16.4. The average Bonchev–Trinajstić information content (AvgIpc) is 3.34. The smallest absolute Gasteiger partial charge is 0.198 e. The number of nitrogens with zero attached hydrogens (tertiary/aromatic N) is 3. The van der Waals surface area contributed by atoms with Crippen LogP contribution in [0.4, 0.5) is 5.69 Å². The van der Waals surface area contributed by atoms with Crippen molar-refractivity contribution in [1.82, 2.24) is 10.5 Å². The van der Waals surface area contributed by atoms with Gasteiger partial charge in [0.2, 0.25) is 0 Å². The van der Waals surface area contributed by atoms with Crippen LogP contribution in [0.15, 0.2) is 46.1 Å². The lowest BCUT2D eigenvalue weighted by Gasteiger charge is -2.26. The minimum Gasteiger partial charge on any atom is -0.364 e. The molecule has 1 aromatic carbocycles. The van der Waals surface area contributed by atoms with Crippen molar-refractivity contribution in [3.8, 4) is 0 Å². The summed E-state index contributed by atoms with van der Waals surface area (Å²) in [6.45, 7) is 4.52. The molecule has 1 aliphatic heterocycles. The molecule has 1 spiro atoms. The molecule has 1 aromatic heterocycles. The van der Waals surface area contributed by atoms with Crippen LogP contribution in [0.5, 0.6) is 0 Å². The Kier molecular flexibility index (Phi) is 4.00. The summed E-state index contributed by atoms with van der Waals surface area (Å²) in [5, 5.41) is 7.41. The van der Waals surface area contributed by atoms with Gasteiger partial charge in [-0.1, -0.05) is 36.2 Å². The van der Waals surface area contributed by atoms with Crippen LogP contribution in [0.1, 0.15) is 43.9 Å². The highest BCUT2D eigenvalue weighted by Crippen LogP contribution is 2.50. The minimum atomic E-state index is 0.306. The van der Waals surface area contributed by atoms with E-state index in [1.165, 1.54) is 36.9 Å². The van der Waals surface area contributed by atoms with Crippen LogP contribution < -0.4 is 10.2 Å². The maximum absolute atomic E-state index is 4.91. The summed E-state index contributed by atoms with van der Waals surface area (Å²) in [5.74, 6) is 0.941. The number of aromatic nitrogens is 1. The second kappa shape index (κ2) is 6.30. The summed E-state index contributed by atoms with van der Waals surface area (Å²) in [6, 6.07) is 10.7. The van der Waals surface area contributed by atoms with E-state index in [2.05, 4.69) is 46.6 Å². The van der Waals surface area contributed by atoms with E-state index < -0.39 is 0 Å². The minimum absolute atomic E-state index is 0.306. The molecule has 1 fully saturated rings. The molecule has 0 amide bonds. The molecule has 4 rings (SSSR count). The van der Waals surface area contributed by atoms with Gasteiger partial charge in [-0.3, -0.25) is 0 Å². The molecule has 2 heterocycles. The van der Waals surface area contributed by atoms with E-state index in [4.69, 9.17) is 9.52 Å². The molecule has 5 nitrogen and oxygen atoms in total. The second-order valence-corrected chi connectivity index (χ2v) is 6.75. The van der Waals surface area contributed by atoms with E-state index in [1.807, 2.05) is 6.07 Å². The van der Waals surface area contributed by atoms with Gasteiger partial charge in [0.1, 0.15) is 12.0 Å². The molecule has 126 valence electrons. The third kappa shape index (κ3) is 2.58. The predicted molar refractivity (Wildman–Crippen MR) is 95.3 cm³/mol. The molecule has 2 aromatic rings. The van der Waals surface area contributed by atoms with E-state index in [0.717, 1.165) is 24.7 Å². The molecule has 0 bridgehead atoms. The number of nitrogens with one attached hydrogen (secondary N) is 1. The Morgan fingerprint density at radius 2 is 2.12 bits per heavy atom. The first kappa shape index (κ1) is 15.2. The van der Waals surface area contributed by atoms with Gasteiger partial charge in [-0.15, -0.1) is 0 Å². The molecule has 1 saturated carbocycles. The van der Waals surface area contributed by atoms with Crippen molar-refractivity contribution in [3.05, 3.63) is 47.9 Å². The molecule has 5 heteroatoms. The first-order valence-electron chi connectivity index (χ1n) is 8.87. The number of guanidine groups is 1. The molecule has 0 unspecified atom stereocenters. The van der Waals surface area contributed by atoms with Crippen LogP contribution in [-0.4, -0.2) is 24.2 Å². The zero-order valence-electron chi connectivity index (χ0n) is 14.2. The lowest BCUT2D eigenvalue weighted by atomic mass is 9.81. The third-order valence-electron chi connectivity index (χ3n) is 5.26. The average molecular weight is 324 g/mol. The van der Waals surface area contributed by atoms with E-state index >= 15 is 0 Å². The summed E-state index contributed by atoms with van der Waals surface area (Å²) in [7, 11) is 0. The molecule has 2 aliphatic rings. The number of anilines is 1. The fourth-order valence-electron chi connectivity index (χ4n) is 4.17. The molecular formula is C19H24N4O. The maximum atomic E-state index is 4.91. The SMILES string of the molecule is CCNC(=NCc1ccon1)N1CC2(CCCC2)c2ccccc21. The Morgan fingerprint density at radius 3 is 2.88 bits per heavy atom. The topological polar surface area (TPSA) is 53.7 Å².